The van der Waals surface area contributed by atoms with Gasteiger partial charge in [0.15, 0.2) is 0 Å². The molecule has 0 bridgehead atoms. The molecule has 0 unspecified atom stereocenters. The fourth-order valence-electron chi connectivity index (χ4n) is 5.67. The van der Waals surface area contributed by atoms with Crippen molar-refractivity contribution in [2.45, 2.75) is 66.2 Å². The number of fused-ring (bicyclic) bond motifs is 1. The Labute approximate surface area is 218 Å². The van der Waals surface area contributed by atoms with E-state index in [2.05, 4.69) is 150 Å². The molecule has 1 heteroatoms. The molecule has 0 radical (unpaired) electrons. The van der Waals surface area contributed by atoms with Crippen molar-refractivity contribution in [3.05, 3.63) is 114 Å². The van der Waals surface area contributed by atoms with Gasteiger partial charge < -0.3 is 4.90 Å². The first-order chi connectivity index (χ1) is 17.1. The summed E-state index contributed by atoms with van der Waals surface area (Å²) >= 11 is 0. The fraction of sp³-hybridized carbons (Fsp3) is 0.314. The largest absolute Gasteiger partial charge is 0.310 e. The summed E-state index contributed by atoms with van der Waals surface area (Å²) < 4.78 is 0. The van der Waals surface area contributed by atoms with Gasteiger partial charge in [-0.3, -0.25) is 0 Å². The van der Waals surface area contributed by atoms with E-state index in [1.807, 2.05) is 13.8 Å². The molecule has 0 aliphatic heterocycles. The highest BCUT2D eigenvalue weighted by atomic mass is 15.1. The van der Waals surface area contributed by atoms with Crippen molar-refractivity contribution >= 4 is 17.1 Å². The molecule has 0 saturated heterocycles. The first kappa shape index (κ1) is 25.8. The van der Waals surface area contributed by atoms with Crippen LogP contribution in [0.1, 0.15) is 66.5 Å². The third kappa shape index (κ3) is 4.05. The molecule has 1 aliphatic rings. The number of nitrogens with zero attached hydrogens (tertiary/aromatic N) is 1. The molecule has 1 nitrogen and oxygen atoms in total. The van der Waals surface area contributed by atoms with E-state index in [-0.39, 0.29) is 16.2 Å². The SMILES string of the molecule is CC.CC1(C)c2ccc(-c3cccc(N(c4ccccc4)c4ccccc4)c3)cc2C(C)(C)C1(C)C. The average molecular weight is 476 g/mol. The maximum Gasteiger partial charge on any atom is 0.0467 e. The number of hydrogen-bond donors (Lipinski definition) is 0. The topological polar surface area (TPSA) is 3.24 Å². The first-order valence-electron chi connectivity index (χ1n) is 13.3. The summed E-state index contributed by atoms with van der Waals surface area (Å²) in [7, 11) is 0. The zero-order valence-corrected chi connectivity index (χ0v) is 23.3. The smallest absolute Gasteiger partial charge is 0.0467 e. The van der Waals surface area contributed by atoms with Crippen LogP contribution in [0.4, 0.5) is 17.1 Å². The monoisotopic (exact) mass is 475 g/mol. The molecule has 0 N–H and O–H groups in total. The first-order valence-corrected chi connectivity index (χ1v) is 13.3. The van der Waals surface area contributed by atoms with Crippen LogP contribution in [0.15, 0.2) is 103 Å². The van der Waals surface area contributed by atoms with Crippen molar-refractivity contribution in [3.63, 3.8) is 0 Å². The van der Waals surface area contributed by atoms with Gasteiger partial charge in [-0.2, -0.15) is 0 Å². The van der Waals surface area contributed by atoms with E-state index in [1.165, 1.54) is 22.3 Å². The molecule has 0 aromatic heterocycles. The number of anilines is 3. The summed E-state index contributed by atoms with van der Waals surface area (Å²) in [6.07, 6.45) is 0. The fourth-order valence-corrected chi connectivity index (χ4v) is 5.67. The van der Waals surface area contributed by atoms with E-state index in [9.17, 15) is 0 Å². The zero-order valence-electron chi connectivity index (χ0n) is 23.3. The Hall–Kier alpha value is -3.32. The van der Waals surface area contributed by atoms with Crippen LogP contribution in [0.5, 0.6) is 0 Å². The highest BCUT2D eigenvalue weighted by molar-refractivity contribution is 5.80. The Balaban J connectivity index is 0.00000148. The number of para-hydroxylation sites is 2. The third-order valence-electron chi connectivity index (χ3n) is 8.96. The van der Waals surface area contributed by atoms with E-state index in [1.54, 1.807) is 0 Å². The molecular formula is C35H41N. The number of benzene rings is 4. The molecule has 36 heavy (non-hydrogen) atoms. The van der Waals surface area contributed by atoms with Gasteiger partial charge in [0, 0.05) is 17.1 Å². The maximum atomic E-state index is 2.44. The lowest BCUT2D eigenvalue weighted by atomic mass is 9.59. The predicted octanol–water partition coefficient (Wildman–Crippen LogP) is 10.4. The molecule has 0 fully saturated rings. The van der Waals surface area contributed by atoms with E-state index >= 15 is 0 Å². The lowest BCUT2D eigenvalue weighted by molar-refractivity contribution is 0.125. The van der Waals surface area contributed by atoms with Crippen LogP contribution >= 0.6 is 0 Å². The highest BCUT2D eigenvalue weighted by Gasteiger charge is 2.56. The van der Waals surface area contributed by atoms with Gasteiger partial charge in [0.2, 0.25) is 0 Å². The molecular weight excluding hydrogens is 434 g/mol. The second kappa shape index (κ2) is 9.62. The van der Waals surface area contributed by atoms with E-state index in [0.717, 1.165) is 17.1 Å². The molecule has 5 rings (SSSR count). The van der Waals surface area contributed by atoms with Crippen LogP contribution in [0.25, 0.3) is 11.1 Å². The normalized spacial score (nSPS) is 16.4. The van der Waals surface area contributed by atoms with Crippen LogP contribution in [-0.4, -0.2) is 0 Å². The third-order valence-corrected chi connectivity index (χ3v) is 8.96. The van der Waals surface area contributed by atoms with Gasteiger partial charge in [0.1, 0.15) is 0 Å². The second-order valence-corrected chi connectivity index (χ2v) is 11.2. The molecule has 0 heterocycles. The van der Waals surface area contributed by atoms with E-state index in [4.69, 9.17) is 0 Å². The maximum absolute atomic E-state index is 2.44. The van der Waals surface area contributed by atoms with Crippen molar-refractivity contribution in [1.82, 2.24) is 0 Å². The van der Waals surface area contributed by atoms with Gasteiger partial charge in [0.25, 0.3) is 0 Å². The summed E-state index contributed by atoms with van der Waals surface area (Å²) in [5.74, 6) is 0. The average Bonchev–Trinajstić information content (AvgIpc) is 3.01. The van der Waals surface area contributed by atoms with Crippen molar-refractivity contribution in [2.75, 3.05) is 4.90 Å². The van der Waals surface area contributed by atoms with Gasteiger partial charge in [-0.15, -0.1) is 0 Å². The Morgan fingerprint density at radius 1 is 0.444 bits per heavy atom. The Morgan fingerprint density at radius 2 is 0.917 bits per heavy atom. The minimum absolute atomic E-state index is 0.0968. The molecule has 4 aromatic carbocycles. The standard InChI is InChI=1S/C33H35N.C2H6/c1-31(2)29-21-20-25(23-30(29)32(3,4)33(31,5)6)24-14-13-19-28(22-24)34(26-15-9-7-10-16-26)27-17-11-8-12-18-27;1-2/h7-23H,1-6H3;1-2H3. The van der Waals surface area contributed by atoms with Gasteiger partial charge in [-0.25, -0.2) is 0 Å². The Kier molecular flexibility index (Phi) is 6.88. The Morgan fingerprint density at radius 3 is 1.47 bits per heavy atom. The van der Waals surface area contributed by atoms with Crippen LogP contribution in [0, 0.1) is 5.41 Å². The van der Waals surface area contributed by atoms with Gasteiger partial charge in [-0.05, 0) is 74.9 Å². The summed E-state index contributed by atoms with van der Waals surface area (Å²) in [5.41, 5.74) is 9.36. The van der Waals surface area contributed by atoms with Gasteiger partial charge >= 0.3 is 0 Å². The quantitative estimate of drug-likeness (QED) is 0.284. The van der Waals surface area contributed by atoms with Crippen molar-refractivity contribution < 1.29 is 0 Å². The lowest BCUT2D eigenvalue weighted by Gasteiger charge is -2.44. The predicted molar refractivity (Wildman–Crippen MR) is 158 cm³/mol. The minimum Gasteiger partial charge on any atom is -0.310 e. The highest BCUT2D eigenvalue weighted by Crippen LogP contribution is 2.61. The van der Waals surface area contributed by atoms with Crippen LogP contribution < -0.4 is 4.90 Å². The molecule has 0 atom stereocenters. The van der Waals surface area contributed by atoms with Gasteiger partial charge in [-0.1, -0.05) is 122 Å². The van der Waals surface area contributed by atoms with E-state index < -0.39 is 0 Å². The zero-order chi connectivity index (χ0) is 26.1. The number of hydrogen-bond acceptors (Lipinski definition) is 1. The molecule has 0 saturated carbocycles. The summed E-state index contributed by atoms with van der Waals surface area (Å²) in [4.78, 5) is 2.33. The molecule has 0 spiro atoms. The van der Waals surface area contributed by atoms with E-state index in [0.29, 0.717) is 0 Å². The van der Waals surface area contributed by atoms with Crippen LogP contribution in [0.3, 0.4) is 0 Å². The van der Waals surface area contributed by atoms with Crippen molar-refractivity contribution in [1.29, 1.82) is 0 Å². The Bertz CT molecular complexity index is 1270. The second-order valence-electron chi connectivity index (χ2n) is 11.2. The van der Waals surface area contributed by atoms with Crippen LogP contribution in [-0.2, 0) is 10.8 Å². The molecule has 186 valence electrons. The molecule has 0 amide bonds. The summed E-state index contributed by atoms with van der Waals surface area (Å²) in [6, 6.07) is 37.3. The number of rotatable bonds is 4. The molecule has 4 aromatic rings. The lowest BCUT2D eigenvalue weighted by Crippen LogP contribution is -2.42. The van der Waals surface area contributed by atoms with Crippen LogP contribution in [0.2, 0.25) is 0 Å². The van der Waals surface area contributed by atoms with Crippen molar-refractivity contribution in [3.8, 4) is 11.1 Å². The summed E-state index contributed by atoms with van der Waals surface area (Å²) in [5, 5.41) is 0. The molecule has 1 aliphatic carbocycles. The van der Waals surface area contributed by atoms with Crippen molar-refractivity contribution in [2.24, 2.45) is 5.41 Å². The van der Waals surface area contributed by atoms with Gasteiger partial charge in [0.05, 0.1) is 0 Å². The minimum atomic E-state index is 0.0968. The summed E-state index contributed by atoms with van der Waals surface area (Å²) in [6.45, 7) is 18.5.